The van der Waals surface area contributed by atoms with Crippen LogP contribution in [0.5, 0.6) is 0 Å². The highest BCUT2D eigenvalue weighted by molar-refractivity contribution is 6.36. The van der Waals surface area contributed by atoms with Gasteiger partial charge in [0.25, 0.3) is 5.91 Å². The summed E-state index contributed by atoms with van der Waals surface area (Å²) < 4.78 is 1.73. The van der Waals surface area contributed by atoms with Gasteiger partial charge in [-0.15, -0.1) is 0 Å². The number of imidazole rings is 1. The zero-order chi connectivity index (χ0) is 15.0. The summed E-state index contributed by atoms with van der Waals surface area (Å²) in [4.78, 5) is 22.1. The first-order valence-corrected chi connectivity index (χ1v) is 6.83. The summed E-state index contributed by atoms with van der Waals surface area (Å²) in [7, 11) is 1.64. The monoisotopic (exact) mass is 320 g/mol. The molecule has 106 valence electrons. The van der Waals surface area contributed by atoms with Gasteiger partial charge in [-0.3, -0.25) is 4.79 Å². The summed E-state index contributed by atoms with van der Waals surface area (Å²) in [5.41, 5.74) is 1.55. The van der Waals surface area contributed by atoms with Crippen LogP contribution in [0.2, 0.25) is 10.0 Å². The standard InChI is InChI=1S/C14H10Cl2N4O/c1-19(12-3-2-9(15)6-10(12)16)14(21)11-8-20-5-4-17-13(20)7-18-11/h2-8H,1H3. The van der Waals surface area contributed by atoms with Crippen LogP contribution in [0.25, 0.3) is 5.65 Å². The number of benzene rings is 1. The zero-order valence-electron chi connectivity index (χ0n) is 11.0. The van der Waals surface area contributed by atoms with E-state index in [1.807, 2.05) is 0 Å². The number of fused-ring (bicyclic) bond motifs is 1. The predicted octanol–water partition coefficient (Wildman–Crippen LogP) is 3.31. The van der Waals surface area contributed by atoms with Crippen molar-refractivity contribution in [1.82, 2.24) is 14.4 Å². The van der Waals surface area contributed by atoms with Crippen LogP contribution in [-0.4, -0.2) is 27.3 Å². The number of aromatic nitrogens is 3. The van der Waals surface area contributed by atoms with Crippen molar-refractivity contribution in [2.45, 2.75) is 0 Å². The van der Waals surface area contributed by atoms with Crippen LogP contribution in [0.1, 0.15) is 10.5 Å². The fourth-order valence-electron chi connectivity index (χ4n) is 1.97. The van der Waals surface area contributed by atoms with E-state index in [4.69, 9.17) is 23.2 Å². The molecule has 0 saturated carbocycles. The molecule has 0 spiro atoms. The van der Waals surface area contributed by atoms with Crippen molar-refractivity contribution in [2.75, 3.05) is 11.9 Å². The van der Waals surface area contributed by atoms with Crippen LogP contribution in [0.4, 0.5) is 5.69 Å². The Bertz CT molecular complexity index is 831. The highest BCUT2D eigenvalue weighted by atomic mass is 35.5. The molecule has 0 aliphatic carbocycles. The fraction of sp³-hybridized carbons (Fsp3) is 0.0714. The SMILES string of the molecule is CN(C(=O)c1cn2ccnc2cn1)c1ccc(Cl)cc1Cl. The van der Waals surface area contributed by atoms with Crippen molar-refractivity contribution < 1.29 is 4.79 Å². The Hall–Kier alpha value is -2.11. The number of nitrogens with zero attached hydrogens (tertiary/aromatic N) is 4. The minimum atomic E-state index is -0.269. The van der Waals surface area contributed by atoms with Gasteiger partial charge in [-0.2, -0.15) is 0 Å². The van der Waals surface area contributed by atoms with Crippen LogP contribution in [0.15, 0.2) is 43.0 Å². The van der Waals surface area contributed by atoms with Gasteiger partial charge in [0, 0.05) is 30.7 Å². The molecule has 3 aromatic rings. The lowest BCUT2D eigenvalue weighted by Gasteiger charge is -2.18. The van der Waals surface area contributed by atoms with Crippen LogP contribution in [0, 0.1) is 0 Å². The molecule has 0 aliphatic rings. The Kier molecular flexibility index (Phi) is 3.53. The number of carbonyl (C=O) groups excluding carboxylic acids is 1. The summed E-state index contributed by atoms with van der Waals surface area (Å²) >= 11 is 12.0. The number of hydrogen-bond acceptors (Lipinski definition) is 3. The molecule has 7 heteroatoms. The van der Waals surface area contributed by atoms with E-state index in [2.05, 4.69) is 9.97 Å². The molecule has 21 heavy (non-hydrogen) atoms. The third-order valence-electron chi connectivity index (χ3n) is 3.07. The molecule has 5 nitrogen and oxygen atoms in total. The minimum Gasteiger partial charge on any atom is -0.309 e. The van der Waals surface area contributed by atoms with E-state index < -0.39 is 0 Å². The Labute approximate surface area is 130 Å². The zero-order valence-corrected chi connectivity index (χ0v) is 12.5. The molecule has 0 radical (unpaired) electrons. The van der Waals surface area contributed by atoms with Crippen molar-refractivity contribution in [3.05, 3.63) is 58.7 Å². The second-order valence-corrected chi connectivity index (χ2v) is 5.27. The number of halogens is 2. The van der Waals surface area contributed by atoms with Gasteiger partial charge >= 0.3 is 0 Å². The molecule has 0 saturated heterocycles. The summed E-state index contributed by atoms with van der Waals surface area (Å²) in [5.74, 6) is -0.269. The second-order valence-electron chi connectivity index (χ2n) is 4.43. The Morgan fingerprint density at radius 3 is 2.86 bits per heavy atom. The predicted molar refractivity (Wildman–Crippen MR) is 82.2 cm³/mol. The fourth-order valence-corrected chi connectivity index (χ4v) is 2.51. The summed E-state index contributed by atoms with van der Waals surface area (Å²) in [5, 5.41) is 0.921. The quantitative estimate of drug-likeness (QED) is 0.727. The lowest BCUT2D eigenvalue weighted by molar-refractivity contribution is 0.0988. The van der Waals surface area contributed by atoms with Gasteiger partial charge in [0.15, 0.2) is 5.65 Å². The number of hydrogen-bond donors (Lipinski definition) is 0. The molecule has 0 atom stereocenters. The maximum Gasteiger partial charge on any atom is 0.278 e. The van der Waals surface area contributed by atoms with Gasteiger partial charge in [-0.05, 0) is 18.2 Å². The molecule has 1 aromatic carbocycles. The number of anilines is 1. The highest BCUT2D eigenvalue weighted by Gasteiger charge is 2.18. The average Bonchev–Trinajstić information content (AvgIpc) is 2.93. The molecule has 0 aliphatic heterocycles. The third-order valence-corrected chi connectivity index (χ3v) is 3.61. The third kappa shape index (κ3) is 2.57. The van der Waals surface area contributed by atoms with Crippen molar-refractivity contribution in [3.8, 4) is 0 Å². The number of rotatable bonds is 2. The van der Waals surface area contributed by atoms with E-state index in [0.717, 1.165) is 0 Å². The molecule has 3 rings (SSSR count). The number of carbonyl (C=O) groups is 1. The highest BCUT2D eigenvalue weighted by Crippen LogP contribution is 2.28. The van der Waals surface area contributed by atoms with Crippen LogP contribution in [-0.2, 0) is 0 Å². The van der Waals surface area contributed by atoms with Gasteiger partial charge in [0.05, 0.1) is 16.9 Å². The van der Waals surface area contributed by atoms with E-state index in [1.54, 1.807) is 54.4 Å². The summed E-state index contributed by atoms with van der Waals surface area (Å²) in [6.07, 6.45) is 6.57. The van der Waals surface area contributed by atoms with Gasteiger partial charge in [0.1, 0.15) is 5.69 Å². The van der Waals surface area contributed by atoms with Crippen molar-refractivity contribution in [3.63, 3.8) is 0 Å². The molecule has 1 amide bonds. The first-order chi connectivity index (χ1) is 10.1. The topological polar surface area (TPSA) is 50.5 Å². The van der Waals surface area contributed by atoms with E-state index in [1.165, 1.54) is 4.90 Å². The Morgan fingerprint density at radius 2 is 2.10 bits per heavy atom. The first kappa shape index (κ1) is 13.9. The molecule has 0 unspecified atom stereocenters. The van der Waals surface area contributed by atoms with Gasteiger partial charge in [-0.1, -0.05) is 23.2 Å². The normalized spacial score (nSPS) is 10.8. The largest absolute Gasteiger partial charge is 0.309 e. The molecular weight excluding hydrogens is 311 g/mol. The maximum atomic E-state index is 12.5. The van der Waals surface area contributed by atoms with Crippen molar-refractivity contribution in [1.29, 1.82) is 0 Å². The first-order valence-electron chi connectivity index (χ1n) is 6.08. The van der Waals surface area contributed by atoms with Crippen molar-refractivity contribution >= 4 is 40.4 Å². The molecule has 0 N–H and O–H groups in total. The molecule has 0 bridgehead atoms. The van der Waals surface area contributed by atoms with E-state index in [-0.39, 0.29) is 5.91 Å². The molecule has 0 fully saturated rings. The van der Waals surface area contributed by atoms with Crippen molar-refractivity contribution in [2.24, 2.45) is 0 Å². The average molecular weight is 321 g/mol. The lowest BCUT2D eigenvalue weighted by atomic mass is 10.2. The molecule has 2 heterocycles. The number of amides is 1. The van der Waals surface area contributed by atoms with Gasteiger partial charge in [-0.25, -0.2) is 9.97 Å². The maximum absolute atomic E-state index is 12.5. The second kappa shape index (κ2) is 5.35. The Morgan fingerprint density at radius 1 is 1.29 bits per heavy atom. The molecule has 2 aromatic heterocycles. The van der Waals surface area contributed by atoms with Gasteiger partial charge < -0.3 is 9.30 Å². The summed E-state index contributed by atoms with van der Waals surface area (Å²) in [6, 6.07) is 4.96. The van der Waals surface area contributed by atoms with E-state index in [0.29, 0.717) is 27.1 Å². The minimum absolute atomic E-state index is 0.269. The van der Waals surface area contributed by atoms with Gasteiger partial charge in [0.2, 0.25) is 0 Å². The van der Waals surface area contributed by atoms with E-state index >= 15 is 0 Å². The van der Waals surface area contributed by atoms with E-state index in [9.17, 15) is 4.79 Å². The lowest BCUT2D eigenvalue weighted by Crippen LogP contribution is -2.27. The smallest absolute Gasteiger partial charge is 0.278 e. The van der Waals surface area contributed by atoms with Crippen LogP contribution < -0.4 is 4.90 Å². The Balaban J connectivity index is 1.96. The molecular formula is C14H10Cl2N4O. The van der Waals surface area contributed by atoms with Crippen LogP contribution in [0.3, 0.4) is 0 Å². The summed E-state index contributed by atoms with van der Waals surface area (Å²) in [6.45, 7) is 0. The van der Waals surface area contributed by atoms with Crippen LogP contribution >= 0.6 is 23.2 Å².